The largest absolute Gasteiger partial charge is 0.352 e. The topological polar surface area (TPSA) is 92.3 Å². The highest BCUT2D eigenvalue weighted by molar-refractivity contribution is 7.91. The van der Waals surface area contributed by atoms with Crippen LogP contribution in [0.3, 0.4) is 0 Å². The van der Waals surface area contributed by atoms with Gasteiger partial charge in [-0.05, 0) is 30.7 Å². The van der Waals surface area contributed by atoms with Crippen LogP contribution in [-0.2, 0) is 14.6 Å². The zero-order chi connectivity index (χ0) is 16.2. The molecule has 0 aromatic heterocycles. The van der Waals surface area contributed by atoms with Crippen molar-refractivity contribution in [2.24, 2.45) is 0 Å². The van der Waals surface area contributed by atoms with E-state index >= 15 is 0 Å². The van der Waals surface area contributed by atoms with E-state index in [1.807, 2.05) is 0 Å². The lowest BCUT2D eigenvalue weighted by Gasteiger charge is -2.11. The molecule has 1 aliphatic rings. The van der Waals surface area contributed by atoms with Gasteiger partial charge in [0, 0.05) is 29.6 Å². The average Bonchev–Trinajstić information content (AvgIpc) is 2.78. The number of nitrogens with one attached hydrogen (secondary N) is 2. The summed E-state index contributed by atoms with van der Waals surface area (Å²) in [5, 5.41) is 5.84. The number of rotatable bonds is 5. The molecule has 2 N–H and O–H groups in total. The molecule has 0 radical (unpaired) electrons. The monoisotopic (exact) mass is 344 g/mol. The number of carbonyl (C=O) groups is 2. The van der Waals surface area contributed by atoms with Crippen molar-refractivity contribution >= 4 is 33.3 Å². The number of halogens is 1. The summed E-state index contributed by atoms with van der Waals surface area (Å²) >= 11 is 5.74. The third-order valence-electron chi connectivity index (χ3n) is 3.34. The van der Waals surface area contributed by atoms with Crippen LogP contribution >= 0.6 is 11.6 Å². The molecule has 1 heterocycles. The summed E-state index contributed by atoms with van der Waals surface area (Å²) in [6.07, 6.45) is 0.557. The molecule has 2 amide bonds. The fourth-order valence-electron chi connectivity index (χ4n) is 2.20. The normalized spacial score (nSPS) is 19.6. The van der Waals surface area contributed by atoms with Gasteiger partial charge in [0.05, 0.1) is 11.5 Å². The maximum Gasteiger partial charge on any atom is 0.251 e. The van der Waals surface area contributed by atoms with E-state index in [0.717, 1.165) is 0 Å². The Bertz CT molecular complexity index is 658. The van der Waals surface area contributed by atoms with Crippen molar-refractivity contribution in [1.29, 1.82) is 0 Å². The van der Waals surface area contributed by atoms with Crippen molar-refractivity contribution < 1.29 is 18.0 Å². The van der Waals surface area contributed by atoms with Crippen LogP contribution in [0.25, 0.3) is 0 Å². The van der Waals surface area contributed by atoms with Gasteiger partial charge in [-0.1, -0.05) is 11.6 Å². The Balaban J connectivity index is 1.71. The molecule has 1 saturated heterocycles. The summed E-state index contributed by atoms with van der Waals surface area (Å²) in [4.78, 5) is 23.5. The number of carbonyl (C=O) groups excluding carboxylic acids is 2. The van der Waals surface area contributed by atoms with E-state index in [1.54, 1.807) is 24.3 Å². The standard InChI is InChI=1S/C14H17ClN2O4S/c15-11-3-1-10(2-4-11)14(19)16-7-5-13(18)17-12-6-8-22(20,21)9-12/h1-4,12H,5-9H2,(H,16,19)(H,17,18). The molecule has 1 aromatic rings. The van der Waals surface area contributed by atoms with Gasteiger partial charge in [0.15, 0.2) is 9.84 Å². The average molecular weight is 345 g/mol. The molecule has 1 fully saturated rings. The quantitative estimate of drug-likeness (QED) is 0.825. The molecule has 22 heavy (non-hydrogen) atoms. The van der Waals surface area contributed by atoms with Crippen LogP contribution in [0.1, 0.15) is 23.2 Å². The van der Waals surface area contributed by atoms with Crippen molar-refractivity contribution in [1.82, 2.24) is 10.6 Å². The lowest BCUT2D eigenvalue weighted by atomic mass is 10.2. The first-order chi connectivity index (χ1) is 10.4. The minimum absolute atomic E-state index is 0.00409. The second-order valence-electron chi connectivity index (χ2n) is 5.18. The van der Waals surface area contributed by atoms with Gasteiger partial charge in [-0.25, -0.2) is 8.42 Å². The van der Waals surface area contributed by atoms with Crippen molar-refractivity contribution in [3.63, 3.8) is 0 Å². The highest BCUT2D eigenvalue weighted by Crippen LogP contribution is 2.11. The molecule has 0 saturated carbocycles. The molecule has 1 atom stereocenters. The minimum atomic E-state index is -3.01. The Hall–Kier alpha value is -1.60. The first kappa shape index (κ1) is 16.8. The summed E-state index contributed by atoms with van der Waals surface area (Å²) in [5.41, 5.74) is 0.465. The SMILES string of the molecule is O=C(CCNC(=O)c1ccc(Cl)cc1)NC1CCS(=O)(=O)C1. The third kappa shape index (κ3) is 4.99. The Kier molecular flexibility index (Phi) is 5.42. The van der Waals surface area contributed by atoms with Gasteiger partial charge in [-0.2, -0.15) is 0 Å². The third-order valence-corrected chi connectivity index (χ3v) is 5.36. The number of sulfone groups is 1. The molecule has 1 aromatic carbocycles. The van der Waals surface area contributed by atoms with Crippen molar-refractivity contribution in [3.8, 4) is 0 Å². The van der Waals surface area contributed by atoms with Crippen LogP contribution in [0.2, 0.25) is 5.02 Å². The molecule has 0 bridgehead atoms. The summed E-state index contributed by atoms with van der Waals surface area (Å²) in [6.45, 7) is 0.187. The first-order valence-corrected chi connectivity index (χ1v) is 9.09. The summed E-state index contributed by atoms with van der Waals surface area (Å²) in [6, 6.07) is 6.11. The Morgan fingerprint density at radius 3 is 2.50 bits per heavy atom. The van der Waals surface area contributed by atoms with E-state index in [9.17, 15) is 18.0 Å². The molecule has 6 nitrogen and oxygen atoms in total. The van der Waals surface area contributed by atoms with Gasteiger partial charge < -0.3 is 10.6 Å². The Morgan fingerprint density at radius 2 is 1.91 bits per heavy atom. The van der Waals surface area contributed by atoms with Gasteiger partial charge >= 0.3 is 0 Å². The lowest BCUT2D eigenvalue weighted by Crippen LogP contribution is -2.37. The number of benzene rings is 1. The smallest absolute Gasteiger partial charge is 0.251 e. The number of amides is 2. The zero-order valence-electron chi connectivity index (χ0n) is 11.8. The van der Waals surface area contributed by atoms with Gasteiger partial charge in [0.1, 0.15) is 0 Å². The molecule has 1 aliphatic heterocycles. The van der Waals surface area contributed by atoms with Crippen LogP contribution in [0.5, 0.6) is 0 Å². The molecule has 8 heteroatoms. The maximum absolute atomic E-state index is 11.8. The number of hydrogen-bond acceptors (Lipinski definition) is 4. The second kappa shape index (κ2) is 7.11. The van der Waals surface area contributed by atoms with E-state index in [2.05, 4.69) is 10.6 Å². The molecule has 120 valence electrons. The van der Waals surface area contributed by atoms with Gasteiger partial charge in [0.25, 0.3) is 5.91 Å². The highest BCUT2D eigenvalue weighted by Gasteiger charge is 2.28. The van der Waals surface area contributed by atoms with E-state index in [-0.39, 0.29) is 42.3 Å². The minimum Gasteiger partial charge on any atom is -0.352 e. The van der Waals surface area contributed by atoms with Crippen molar-refractivity contribution in [3.05, 3.63) is 34.9 Å². The fourth-order valence-corrected chi connectivity index (χ4v) is 4.00. The molecule has 0 spiro atoms. The van der Waals surface area contributed by atoms with E-state index < -0.39 is 9.84 Å². The molecule has 2 rings (SSSR count). The van der Waals surface area contributed by atoms with Gasteiger partial charge in [0.2, 0.25) is 5.91 Å². The number of hydrogen-bond donors (Lipinski definition) is 2. The van der Waals surface area contributed by atoms with Crippen LogP contribution < -0.4 is 10.6 Å². The highest BCUT2D eigenvalue weighted by atomic mass is 35.5. The second-order valence-corrected chi connectivity index (χ2v) is 7.85. The van der Waals surface area contributed by atoms with Crippen molar-refractivity contribution in [2.45, 2.75) is 18.9 Å². The van der Waals surface area contributed by atoms with Crippen molar-refractivity contribution in [2.75, 3.05) is 18.1 Å². The Morgan fingerprint density at radius 1 is 1.23 bits per heavy atom. The van der Waals surface area contributed by atoms with Crippen LogP contribution in [0.4, 0.5) is 0 Å². The van der Waals surface area contributed by atoms with Gasteiger partial charge in [-0.3, -0.25) is 9.59 Å². The van der Waals surface area contributed by atoms with Crippen LogP contribution in [0.15, 0.2) is 24.3 Å². The van der Waals surface area contributed by atoms with E-state index in [0.29, 0.717) is 17.0 Å². The summed E-state index contributed by atoms with van der Waals surface area (Å²) in [5.74, 6) is -0.437. The van der Waals surface area contributed by atoms with Gasteiger partial charge in [-0.15, -0.1) is 0 Å². The molecular weight excluding hydrogens is 328 g/mol. The predicted molar refractivity (Wildman–Crippen MR) is 83.6 cm³/mol. The van der Waals surface area contributed by atoms with Crippen LogP contribution in [-0.4, -0.2) is 44.3 Å². The van der Waals surface area contributed by atoms with E-state index in [4.69, 9.17) is 11.6 Å². The molecular formula is C14H17ClN2O4S. The summed E-state index contributed by atoms with van der Waals surface area (Å²) < 4.78 is 22.6. The predicted octanol–water partition coefficient (Wildman–Crippen LogP) is 0.763. The first-order valence-electron chi connectivity index (χ1n) is 6.89. The fraction of sp³-hybridized carbons (Fsp3) is 0.429. The lowest BCUT2D eigenvalue weighted by molar-refractivity contribution is -0.121. The van der Waals surface area contributed by atoms with E-state index in [1.165, 1.54) is 0 Å². The van der Waals surface area contributed by atoms with Crippen LogP contribution in [0, 0.1) is 0 Å². The summed E-state index contributed by atoms with van der Waals surface area (Å²) in [7, 11) is -3.01. The maximum atomic E-state index is 11.8. The molecule has 1 unspecified atom stereocenters. The Labute approximate surface area is 134 Å². The zero-order valence-corrected chi connectivity index (χ0v) is 13.4. The molecule has 0 aliphatic carbocycles.